The molecule has 5 nitrogen and oxygen atoms in total. The van der Waals surface area contributed by atoms with E-state index in [0.29, 0.717) is 22.1 Å². The molecule has 0 saturated carbocycles. The minimum atomic E-state index is -4.62. The van der Waals surface area contributed by atoms with Gasteiger partial charge in [0.25, 0.3) is 0 Å². The summed E-state index contributed by atoms with van der Waals surface area (Å²) < 4.78 is 50.5. The highest BCUT2D eigenvalue weighted by molar-refractivity contribution is 6.30. The number of nitrogens with one attached hydrogen (secondary N) is 1. The predicted octanol–water partition coefficient (Wildman–Crippen LogP) is 5.45. The SMILES string of the molecule is COc1ccc(-c2cc(C(F)(F)F)nc(NCc3ccc(Cl)cc3)n2)cc1OC. The maximum atomic E-state index is 13.4. The number of nitrogens with zero attached hydrogens (tertiary/aromatic N) is 2. The minimum absolute atomic E-state index is 0.104. The quantitative estimate of drug-likeness (QED) is 0.571. The van der Waals surface area contributed by atoms with Crippen molar-refractivity contribution in [3.63, 3.8) is 0 Å². The zero-order valence-electron chi connectivity index (χ0n) is 15.5. The van der Waals surface area contributed by atoms with Crippen molar-refractivity contribution < 1.29 is 22.6 Å². The normalized spacial score (nSPS) is 11.2. The second-order valence-corrected chi connectivity index (χ2v) is 6.45. The second-order valence-electron chi connectivity index (χ2n) is 6.01. The third-order valence-electron chi connectivity index (χ3n) is 4.06. The molecule has 0 radical (unpaired) electrons. The summed E-state index contributed by atoms with van der Waals surface area (Å²) in [5, 5.41) is 3.40. The highest BCUT2D eigenvalue weighted by Crippen LogP contribution is 2.35. The number of hydrogen-bond acceptors (Lipinski definition) is 5. The van der Waals surface area contributed by atoms with E-state index in [9.17, 15) is 13.2 Å². The molecule has 0 spiro atoms. The Balaban J connectivity index is 1.96. The summed E-state index contributed by atoms with van der Waals surface area (Å²) in [6.45, 7) is 0.240. The van der Waals surface area contributed by atoms with Gasteiger partial charge >= 0.3 is 6.18 Å². The van der Waals surface area contributed by atoms with Crippen molar-refractivity contribution in [1.29, 1.82) is 0 Å². The third kappa shape index (κ3) is 5.08. The van der Waals surface area contributed by atoms with Gasteiger partial charge in [0.05, 0.1) is 19.9 Å². The van der Waals surface area contributed by atoms with Crippen LogP contribution in [0.2, 0.25) is 5.02 Å². The largest absolute Gasteiger partial charge is 0.493 e. The lowest BCUT2D eigenvalue weighted by Gasteiger charge is -2.13. The smallest absolute Gasteiger partial charge is 0.433 e. The Labute approximate surface area is 170 Å². The molecular weight excluding hydrogens is 407 g/mol. The van der Waals surface area contributed by atoms with Crippen molar-refractivity contribution >= 4 is 17.5 Å². The van der Waals surface area contributed by atoms with E-state index in [-0.39, 0.29) is 18.2 Å². The molecule has 2 aromatic carbocycles. The van der Waals surface area contributed by atoms with E-state index in [2.05, 4.69) is 15.3 Å². The van der Waals surface area contributed by atoms with Crippen LogP contribution in [-0.4, -0.2) is 24.2 Å². The number of hydrogen-bond donors (Lipinski definition) is 1. The Bertz CT molecular complexity index is 995. The first-order valence-electron chi connectivity index (χ1n) is 8.47. The fourth-order valence-electron chi connectivity index (χ4n) is 2.60. The molecule has 1 heterocycles. The Kier molecular flexibility index (Phi) is 6.12. The Hall–Kier alpha value is -3.00. The van der Waals surface area contributed by atoms with Gasteiger partial charge in [-0.05, 0) is 42.0 Å². The fraction of sp³-hybridized carbons (Fsp3) is 0.200. The molecule has 0 aliphatic rings. The van der Waals surface area contributed by atoms with E-state index in [0.717, 1.165) is 11.6 Å². The lowest BCUT2D eigenvalue weighted by atomic mass is 10.1. The number of alkyl halides is 3. The molecule has 29 heavy (non-hydrogen) atoms. The number of ether oxygens (including phenoxy) is 2. The van der Waals surface area contributed by atoms with Crippen LogP contribution in [-0.2, 0) is 12.7 Å². The van der Waals surface area contributed by atoms with Gasteiger partial charge in [0, 0.05) is 17.1 Å². The summed E-state index contributed by atoms with van der Waals surface area (Å²) in [7, 11) is 2.92. The highest BCUT2D eigenvalue weighted by Gasteiger charge is 2.34. The summed E-state index contributed by atoms with van der Waals surface area (Å²) in [5.74, 6) is 0.704. The lowest BCUT2D eigenvalue weighted by Crippen LogP contribution is -2.12. The standard InChI is InChI=1S/C20H17ClF3N3O2/c1-28-16-8-5-13(9-17(16)29-2)15-10-18(20(22,23)24)27-19(26-15)25-11-12-3-6-14(21)7-4-12/h3-10H,11H2,1-2H3,(H,25,26,27). The van der Waals surface area contributed by atoms with Crippen molar-refractivity contribution in [2.24, 2.45) is 0 Å². The first-order valence-corrected chi connectivity index (χ1v) is 8.85. The van der Waals surface area contributed by atoms with Crippen LogP contribution >= 0.6 is 11.6 Å². The van der Waals surface area contributed by atoms with Crippen LogP contribution in [0.15, 0.2) is 48.5 Å². The van der Waals surface area contributed by atoms with Crippen LogP contribution in [0, 0.1) is 0 Å². The van der Waals surface area contributed by atoms with E-state index in [1.807, 2.05) is 0 Å². The molecule has 0 aliphatic carbocycles. The molecular formula is C20H17ClF3N3O2. The first kappa shape index (κ1) is 20.7. The number of benzene rings is 2. The van der Waals surface area contributed by atoms with Gasteiger partial charge in [-0.2, -0.15) is 13.2 Å². The molecule has 3 rings (SSSR count). The molecule has 0 amide bonds. The summed E-state index contributed by atoms with van der Waals surface area (Å²) in [4.78, 5) is 7.85. The topological polar surface area (TPSA) is 56.3 Å². The predicted molar refractivity (Wildman–Crippen MR) is 104 cm³/mol. The average Bonchev–Trinajstić information content (AvgIpc) is 2.72. The Morgan fingerprint density at radius 1 is 0.931 bits per heavy atom. The van der Waals surface area contributed by atoms with Crippen molar-refractivity contribution in [3.8, 4) is 22.8 Å². The third-order valence-corrected chi connectivity index (χ3v) is 4.31. The first-order chi connectivity index (χ1) is 13.8. The van der Waals surface area contributed by atoms with E-state index in [4.69, 9.17) is 21.1 Å². The second kappa shape index (κ2) is 8.57. The van der Waals surface area contributed by atoms with Gasteiger partial charge in [-0.1, -0.05) is 23.7 Å². The highest BCUT2D eigenvalue weighted by atomic mass is 35.5. The molecule has 0 aliphatic heterocycles. The minimum Gasteiger partial charge on any atom is -0.493 e. The molecule has 0 bridgehead atoms. The molecule has 152 valence electrons. The van der Waals surface area contributed by atoms with Crippen molar-refractivity contribution in [2.75, 3.05) is 19.5 Å². The van der Waals surface area contributed by atoms with Gasteiger partial charge in [0.15, 0.2) is 17.2 Å². The van der Waals surface area contributed by atoms with E-state index in [1.54, 1.807) is 42.5 Å². The zero-order chi connectivity index (χ0) is 21.0. The average molecular weight is 424 g/mol. The van der Waals surface area contributed by atoms with Crippen LogP contribution in [0.5, 0.6) is 11.5 Å². The molecule has 0 unspecified atom stereocenters. The molecule has 1 N–H and O–H groups in total. The van der Waals surface area contributed by atoms with Gasteiger partial charge in [0.2, 0.25) is 5.95 Å². The molecule has 0 saturated heterocycles. The molecule has 0 fully saturated rings. The number of halogens is 4. The summed E-state index contributed by atoms with van der Waals surface area (Å²) >= 11 is 5.85. The van der Waals surface area contributed by atoms with Crippen molar-refractivity contribution in [1.82, 2.24) is 9.97 Å². The van der Waals surface area contributed by atoms with Gasteiger partial charge < -0.3 is 14.8 Å². The van der Waals surface area contributed by atoms with Crippen LogP contribution < -0.4 is 14.8 Å². The molecule has 3 aromatic rings. The molecule has 1 aromatic heterocycles. The van der Waals surface area contributed by atoms with Crippen LogP contribution in [0.4, 0.5) is 19.1 Å². The van der Waals surface area contributed by atoms with Gasteiger partial charge in [-0.15, -0.1) is 0 Å². The monoisotopic (exact) mass is 423 g/mol. The summed E-state index contributed by atoms with van der Waals surface area (Å²) in [5.41, 5.74) is 0.316. The van der Waals surface area contributed by atoms with E-state index < -0.39 is 11.9 Å². The van der Waals surface area contributed by atoms with Gasteiger partial charge in [-0.25, -0.2) is 9.97 Å². The summed E-state index contributed by atoms with van der Waals surface area (Å²) in [6.07, 6.45) is -4.62. The van der Waals surface area contributed by atoms with Crippen LogP contribution in [0.1, 0.15) is 11.3 Å². The Morgan fingerprint density at radius 2 is 1.62 bits per heavy atom. The fourth-order valence-corrected chi connectivity index (χ4v) is 2.72. The van der Waals surface area contributed by atoms with Crippen LogP contribution in [0.25, 0.3) is 11.3 Å². The van der Waals surface area contributed by atoms with Crippen molar-refractivity contribution in [2.45, 2.75) is 12.7 Å². The van der Waals surface area contributed by atoms with Gasteiger partial charge in [0.1, 0.15) is 0 Å². The lowest BCUT2D eigenvalue weighted by molar-refractivity contribution is -0.141. The zero-order valence-corrected chi connectivity index (χ0v) is 16.3. The number of rotatable bonds is 6. The number of anilines is 1. The van der Waals surface area contributed by atoms with Crippen molar-refractivity contribution in [3.05, 3.63) is 64.8 Å². The molecule has 9 heteroatoms. The molecule has 0 atom stereocenters. The maximum Gasteiger partial charge on any atom is 0.433 e. The number of methoxy groups -OCH3 is 2. The van der Waals surface area contributed by atoms with E-state index >= 15 is 0 Å². The maximum absolute atomic E-state index is 13.4. The van der Waals surface area contributed by atoms with Gasteiger partial charge in [-0.3, -0.25) is 0 Å². The summed E-state index contributed by atoms with van der Waals surface area (Å²) in [6, 6.07) is 12.6. The Morgan fingerprint density at radius 3 is 2.24 bits per heavy atom. The number of aromatic nitrogens is 2. The van der Waals surface area contributed by atoms with E-state index in [1.165, 1.54) is 14.2 Å². The van der Waals surface area contributed by atoms with Crippen LogP contribution in [0.3, 0.4) is 0 Å².